The molecule has 1 aromatic carbocycles. The van der Waals surface area contributed by atoms with E-state index >= 15 is 0 Å². The number of benzene rings is 1. The minimum Gasteiger partial charge on any atom is -0.356 e. The van der Waals surface area contributed by atoms with Gasteiger partial charge in [-0.1, -0.05) is 47.1 Å². The van der Waals surface area contributed by atoms with Crippen molar-refractivity contribution in [3.8, 4) is 0 Å². The predicted molar refractivity (Wildman–Crippen MR) is 123 cm³/mol. The average Bonchev–Trinajstić information content (AvgIpc) is 2.59. The Morgan fingerprint density at radius 3 is 2.13 bits per heavy atom. The van der Waals surface area contributed by atoms with Gasteiger partial charge in [0.05, 0.1) is 0 Å². The molecule has 4 N–H and O–H groups in total. The molecule has 1 aromatic rings. The predicted octanol–water partition coefficient (Wildman–Crippen LogP) is 6.07. The average molecular weight is 473 g/mol. The van der Waals surface area contributed by atoms with Gasteiger partial charge in [-0.15, -0.1) is 0 Å². The van der Waals surface area contributed by atoms with Gasteiger partial charge in [0.15, 0.2) is 6.23 Å². The summed E-state index contributed by atoms with van der Waals surface area (Å²) in [5, 5.41) is 2.90. The fourth-order valence-electron chi connectivity index (χ4n) is 2.67. The number of nitrogens with one attached hydrogen (secondary N) is 1. The lowest BCUT2D eigenvalue weighted by Crippen LogP contribution is -2.20. The van der Waals surface area contributed by atoms with Gasteiger partial charge in [0.25, 0.3) is 0 Å². The second kappa shape index (κ2) is 13.1. The van der Waals surface area contributed by atoms with Crippen molar-refractivity contribution in [2.24, 2.45) is 0 Å². The third kappa shape index (κ3) is 14.2. The van der Waals surface area contributed by atoms with Crippen LogP contribution >= 0.6 is 15.6 Å². The zero-order valence-electron chi connectivity index (χ0n) is 18.4. The molecule has 0 amide bonds. The fourth-order valence-corrected chi connectivity index (χ4v) is 4.30. The van der Waals surface area contributed by atoms with Crippen molar-refractivity contribution < 1.29 is 32.6 Å². The summed E-state index contributed by atoms with van der Waals surface area (Å²) in [6.45, 7) is 8.08. The van der Waals surface area contributed by atoms with Gasteiger partial charge in [0.1, 0.15) is 0 Å². The number of phosphoric acid groups is 2. The molecule has 0 fully saturated rings. The molecule has 31 heavy (non-hydrogen) atoms. The number of phosphoric ester groups is 1. The number of anilines is 1. The van der Waals surface area contributed by atoms with Crippen molar-refractivity contribution >= 4 is 21.3 Å². The molecule has 0 aromatic heterocycles. The van der Waals surface area contributed by atoms with Crippen LogP contribution in [0.5, 0.6) is 0 Å². The second-order valence-corrected chi connectivity index (χ2v) is 10.3. The summed E-state index contributed by atoms with van der Waals surface area (Å²) in [6, 6.07) is 8.80. The molecule has 0 spiro atoms. The van der Waals surface area contributed by atoms with Crippen LogP contribution in [0.25, 0.3) is 0 Å². The Hall–Kier alpha value is -1.50. The van der Waals surface area contributed by atoms with Gasteiger partial charge < -0.3 is 20.0 Å². The molecule has 1 rings (SSSR count). The highest BCUT2D eigenvalue weighted by Gasteiger charge is 2.34. The van der Waals surface area contributed by atoms with Gasteiger partial charge in [-0.2, -0.15) is 4.31 Å². The Labute approximate surface area is 184 Å². The minimum absolute atomic E-state index is 0.600. The highest BCUT2D eigenvalue weighted by atomic mass is 31.3. The summed E-state index contributed by atoms with van der Waals surface area (Å²) in [5.41, 5.74) is 4.06. The standard InChI is InChI=1S/C21H33NO7P2/c1-17(2)10-8-11-18(3)12-9-13-19(4)16-21(22-20-14-6-5-7-15-20)28-31(26,27)29-30(23,24)25/h5-7,10,12,14-16,21-22H,8-9,11,13H2,1-4H3,(H,26,27)(H2,23,24,25). The third-order valence-corrected chi connectivity index (χ3v) is 6.27. The molecule has 0 heterocycles. The van der Waals surface area contributed by atoms with Gasteiger partial charge >= 0.3 is 15.6 Å². The largest absolute Gasteiger partial charge is 0.483 e. The normalized spacial score (nSPS) is 15.8. The number of allylic oxidation sites excluding steroid dienone is 5. The molecular weight excluding hydrogens is 440 g/mol. The molecule has 174 valence electrons. The summed E-state index contributed by atoms with van der Waals surface area (Å²) in [5.74, 6) is 0. The lowest BCUT2D eigenvalue weighted by molar-refractivity contribution is 0.162. The van der Waals surface area contributed by atoms with Crippen LogP contribution in [0.2, 0.25) is 0 Å². The van der Waals surface area contributed by atoms with Crippen LogP contribution in [-0.2, 0) is 18.0 Å². The summed E-state index contributed by atoms with van der Waals surface area (Å²) < 4.78 is 31.8. The first-order valence-electron chi connectivity index (χ1n) is 9.92. The van der Waals surface area contributed by atoms with E-state index in [1.54, 1.807) is 30.3 Å². The Morgan fingerprint density at radius 1 is 0.968 bits per heavy atom. The molecule has 0 aliphatic rings. The van der Waals surface area contributed by atoms with Gasteiger partial charge in [-0.25, -0.2) is 9.13 Å². The van der Waals surface area contributed by atoms with Gasteiger partial charge in [0, 0.05) is 5.69 Å². The molecular formula is C21H33NO7P2. The maximum Gasteiger partial charge on any atom is 0.483 e. The first-order valence-corrected chi connectivity index (χ1v) is 12.9. The fraction of sp³-hybridized carbons (Fsp3) is 0.429. The van der Waals surface area contributed by atoms with Crippen molar-refractivity contribution in [3.05, 3.63) is 65.3 Å². The maximum absolute atomic E-state index is 12.0. The summed E-state index contributed by atoms with van der Waals surface area (Å²) in [7, 11) is -10.2. The monoisotopic (exact) mass is 473 g/mol. The van der Waals surface area contributed by atoms with Crippen LogP contribution in [-0.4, -0.2) is 20.9 Å². The van der Waals surface area contributed by atoms with Gasteiger partial charge in [0.2, 0.25) is 0 Å². The molecule has 0 radical (unpaired) electrons. The maximum atomic E-state index is 12.0. The van der Waals surface area contributed by atoms with Crippen LogP contribution in [0.1, 0.15) is 53.4 Å². The van der Waals surface area contributed by atoms with Gasteiger partial charge in [-0.05, 0) is 71.6 Å². The van der Waals surface area contributed by atoms with E-state index in [4.69, 9.17) is 14.3 Å². The van der Waals surface area contributed by atoms with E-state index in [0.29, 0.717) is 12.1 Å². The third-order valence-electron chi connectivity index (χ3n) is 4.10. The molecule has 2 atom stereocenters. The summed E-state index contributed by atoms with van der Waals surface area (Å²) in [6.07, 6.45) is 8.28. The highest BCUT2D eigenvalue weighted by Crippen LogP contribution is 2.58. The molecule has 2 unspecified atom stereocenters. The van der Waals surface area contributed by atoms with Crippen molar-refractivity contribution in [2.75, 3.05) is 5.32 Å². The number of hydrogen-bond donors (Lipinski definition) is 4. The second-order valence-electron chi connectivity index (χ2n) is 7.50. The van der Waals surface area contributed by atoms with Crippen molar-refractivity contribution in [1.82, 2.24) is 0 Å². The lowest BCUT2D eigenvalue weighted by Gasteiger charge is -2.21. The molecule has 0 saturated carbocycles. The number of hydrogen-bond acceptors (Lipinski definition) is 5. The molecule has 0 aliphatic carbocycles. The Balaban J connectivity index is 2.82. The van der Waals surface area contributed by atoms with E-state index in [0.717, 1.165) is 24.8 Å². The van der Waals surface area contributed by atoms with E-state index in [1.807, 2.05) is 13.0 Å². The van der Waals surface area contributed by atoms with E-state index in [1.165, 1.54) is 11.1 Å². The Bertz CT molecular complexity index is 871. The molecule has 8 nitrogen and oxygen atoms in total. The van der Waals surface area contributed by atoms with E-state index in [2.05, 4.69) is 42.6 Å². The molecule has 0 saturated heterocycles. The zero-order valence-corrected chi connectivity index (χ0v) is 20.2. The first-order chi connectivity index (χ1) is 14.4. The zero-order chi connectivity index (χ0) is 23.5. The van der Waals surface area contributed by atoms with Crippen LogP contribution < -0.4 is 5.32 Å². The molecule has 0 aliphatic heterocycles. The quantitative estimate of drug-likeness (QED) is 0.155. The van der Waals surface area contributed by atoms with E-state index in [9.17, 15) is 14.0 Å². The van der Waals surface area contributed by atoms with E-state index in [-0.39, 0.29) is 0 Å². The number of para-hydroxylation sites is 1. The van der Waals surface area contributed by atoms with Crippen molar-refractivity contribution in [2.45, 2.75) is 59.6 Å². The highest BCUT2D eigenvalue weighted by molar-refractivity contribution is 7.60. The SMILES string of the molecule is CC(C)=CCCC(C)=CCCC(C)=CC(Nc1ccccc1)OP(=O)(O)OP(=O)(O)O. The topological polar surface area (TPSA) is 125 Å². The first kappa shape index (κ1) is 27.5. The minimum atomic E-state index is -5.20. The van der Waals surface area contributed by atoms with Crippen LogP contribution in [0, 0.1) is 0 Å². The van der Waals surface area contributed by atoms with Crippen LogP contribution in [0.15, 0.2) is 65.3 Å². The number of rotatable bonds is 13. The summed E-state index contributed by atoms with van der Waals surface area (Å²) in [4.78, 5) is 27.4. The smallest absolute Gasteiger partial charge is 0.356 e. The van der Waals surface area contributed by atoms with Crippen molar-refractivity contribution in [1.29, 1.82) is 0 Å². The van der Waals surface area contributed by atoms with Gasteiger partial charge in [-0.3, -0.25) is 4.52 Å². The Kier molecular flexibility index (Phi) is 11.7. The van der Waals surface area contributed by atoms with Crippen molar-refractivity contribution in [3.63, 3.8) is 0 Å². The molecule has 10 heteroatoms. The Morgan fingerprint density at radius 2 is 1.55 bits per heavy atom. The molecule has 0 bridgehead atoms. The lowest BCUT2D eigenvalue weighted by atomic mass is 10.1. The van der Waals surface area contributed by atoms with E-state index < -0.39 is 21.9 Å². The van der Waals surface area contributed by atoms with Crippen LogP contribution in [0.3, 0.4) is 0 Å². The summed E-state index contributed by atoms with van der Waals surface area (Å²) >= 11 is 0. The van der Waals surface area contributed by atoms with Crippen LogP contribution in [0.4, 0.5) is 5.69 Å².